The van der Waals surface area contributed by atoms with E-state index >= 15 is 0 Å². The second-order valence-corrected chi connectivity index (χ2v) is 11.3. The van der Waals surface area contributed by atoms with Gasteiger partial charge in [0, 0.05) is 62.5 Å². The van der Waals surface area contributed by atoms with Gasteiger partial charge in [0.05, 0.1) is 11.4 Å². The molecular weight excluding hydrogens is 712 g/mol. The van der Waals surface area contributed by atoms with Crippen molar-refractivity contribution in [3.63, 3.8) is 0 Å². The van der Waals surface area contributed by atoms with Crippen molar-refractivity contribution < 1.29 is 36.2 Å². The van der Waals surface area contributed by atoms with Crippen LogP contribution in [0.4, 0.5) is 19.9 Å². The number of hydrogen-bond acceptors (Lipinski definition) is 10. The Morgan fingerprint density at radius 3 is 1.35 bits per heavy atom. The minimum Gasteiger partial charge on any atom is -0.304 e. The topological polar surface area (TPSA) is 166 Å². The Morgan fingerprint density at radius 2 is 0.959 bits per heavy atom. The minimum atomic E-state index is -0.469. The molecule has 4 amide bonds. The molecule has 2 aromatic heterocycles. The predicted octanol–water partition coefficient (Wildman–Crippen LogP) is 6.03. The van der Waals surface area contributed by atoms with Crippen molar-refractivity contribution in [2.75, 3.05) is 10.6 Å². The van der Waals surface area contributed by atoms with E-state index in [0.717, 1.165) is 22.5 Å². The Bertz CT molecular complexity index is 1820. The summed E-state index contributed by atoms with van der Waals surface area (Å²) in [5.74, 6) is -0.251. The summed E-state index contributed by atoms with van der Waals surface area (Å²) in [6, 6.07) is 18.5. The van der Waals surface area contributed by atoms with E-state index in [-0.39, 0.29) is 28.6 Å². The molecule has 4 aromatic rings. The van der Waals surface area contributed by atoms with Gasteiger partial charge in [0.2, 0.25) is 0 Å². The largest absolute Gasteiger partial charge is 0.339 e. The standard InChI is InChI=1S/2C17H14N4O2S.Cu/c2*22-15-9-5-4-8-13(15)10-18-21-16(23)20-17-19-14(11-24-17)12-6-2-1-3-7-12;/h2*1-11,18H,(H2,19,20,21,23);/b13-10+;13-10-;. The van der Waals surface area contributed by atoms with E-state index in [9.17, 15) is 19.2 Å². The molecule has 0 unspecified atom stereocenters. The van der Waals surface area contributed by atoms with Crippen LogP contribution < -0.4 is 32.3 Å². The molecule has 251 valence electrons. The van der Waals surface area contributed by atoms with Crippen LogP contribution in [0.15, 0.2) is 144 Å². The molecule has 0 bridgehead atoms. The Balaban J connectivity index is 0.000000216. The fourth-order valence-electron chi connectivity index (χ4n) is 3.96. The number of carbonyl (C=O) groups is 4. The fraction of sp³-hybridized carbons (Fsp3) is 0. The first-order valence-electron chi connectivity index (χ1n) is 14.3. The number of anilines is 2. The van der Waals surface area contributed by atoms with Crippen molar-refractivity contribution in [3.05, 3.63) is 144 Å². The molecule has 2 aliphatic rings. The van der Waals surface area contributed by atoms with Crippen LogP contribution in [0.5, 0.6) is 0 Å². The van der Waals surface area contributed by atoms with Crippen LogP contribution in [0.1, 0.15) is 0 Å². The van der Waals surface area contributed by atoms with Crippen LogP contribution >= 0.6 is 22.7 Å². The van der Waals surface area contributed by atoms with Crippen LogP contribution in [0.3, 0.4) is 0 Å². The molecule has 2 aromatic carbocycles. The molecule has 0 spiro atoms. The van der Waals surface area contributed by atoms with E-state index in [4.69, 9.17) is 0 Å². The summed E-state index contributed by atoms with van der Waals surface area (Å²) in [4.78, 5) is 55.4. The number of carbonyl (C=O) groups excluding carboxylic acids is 4. The second-order valence-electron chi connectivity index (χ2n) is 9.62. The van der Waals surface area contributed by atoms with Crippen LogP contribution in [-0.2, 0) is 26.7 Å². The van der Waals surface area contributed by atoms with Crippen LogP contribution in [-0.4, -0.2) is 33.6 Å². The van der Waals surface area contributed by atoms with E-state index in [1.54, 1.807) is 36.5 Å². The third-order valence-corrected chi connectivity index (χ3v) is 7.77. The Hall–Kier alpha value is -5.86. The molecule has 0 atom stereocenters. The first-order valence-corrected chi connectivity index (χ1v) is 16.1. The van der Waals surface area contributed by atoms with E-state index < -0.39 is 12.1 Å². The van der Waals surface area contributed by atoms with Gasteiger partial charge >= 0.3 is 12.1 Å². The number of rotatable bonds is 8. The zero-order chi connectivity index (χ0) is 33.6. The summed E-state index contributed by atoms with van der Waals surface area (Å²) < 4.78 is 0. The van der Waals surface area contributed by atoms with Crippen molar-refractivity contribution in [3.8, 4) is 22.5 Å². The summed E-state index contributed by atoms with van der Waals surface area (Å²) in [6.07, 6.45) is 15.9. The number of urea groups is 2. The average Bonchev–Trinajstić information content (AvgIpc) is 3.78. The molecule has 0 aliphatic heterocycles. The summed E-state index contributed by atoms with van der Waals surface area (Å²) in [6.45, 7) is 0. The Labute approximate surface area is 299 Å². The first kappa shape index (κ1) is 36.0. The molecule has 2 aliphatic carbocycles. The monoisotopic (exact) mass is 739 g/mol. The van der Waals surface area contributed by atoms with Gasteiger partial charge < -0.3 is 10.9 Å². The minimum absolute atomic E-state index is 0. The molecule has 0 fully saturated rings. The van der Waals surface area contributed by atoms with E-state index in [0.29, 0.717) is 21.4 Å². The zero-order valence-electron chi connectivity index (χ0n) is 25.3. The number of hydrazine groups is 2. The number of hydrogen-bond donors (Lipinski definition) is 6. The number of aromatic nitrogens is 2. The van der Waals surface area contributed by atoms with E-state index in [2.05, 4.69) is 42.3 Å². The zero-order valence-corrected chi connectivity index (χ0v) is 27.9. The Morgan fingerprint density at radius 1 is 0.571 bits per heavy atom. The van der Waals surface area contributed by atoms with Gasteiger partial charge in [0.25, 0.3) is 0 Å². The van der Waals surface area contributed by atoms with Crippen molar-refractivity contribution >= 4 is 56.6 Å². The van der Waals surface area contributed by atoms with Gasteiger partial charge in [-0.05, 0) is 24.3 Å². The number of nitrogens with one attached hydrogen (secondary N) is 6. The summed E-state index contributed by atoms with van der Waals surface area (Å²) >= 11 is 2.67. The number of benzene rings is 2. The first-order chi connectivity index (χ1) is 23.4. The summed E-state index contributed by atoms with van der Waals surface area (Å²) in [5.41, 5.74) is 14.5. The maximum Gasteiger partial charge on any atom is 0.339 e. The molecule has 6 N–H and O–H groups in total. The van der Waals surface area contributed by atoms with Gasteiger partial charge in [0.1, 0.15) is 0 Å². The third-order valence-electron chi connectivity index (χ3n) is 6.25. The van der Waals surface area contributed by atoms with Gasteiger partial charge in [-0.2, -0.15) is 0 Å². The van der Waals surface area contributed by atoms with Crippen molar-refractivity contribution in [2.45, 2.75) is 0 Å². The maximum atomic E-state index is 11.8. The van der Waals surface area contributed by atoms with Gasteiger partial charge in [-0.15, -0.1) is 22.7 Å². The Kier molecular flexibility index (Phi) is 13.6. The van der Waals surface area contributed by atoms with Crippen LogP contribution in [0.2, 0.25) is 0 Å². The molecule has 15 heteroatoms. The number of ketones is 2. The van der Waals surface area contributed by atoms with Gasteiger partial charge in [-0.25, -0.2) is 19.6 Å². The van der Waals surface area contributed by atoms with Gasteiger partial charge in [0.15, 0.2) is 21.8 Å². The second kappa shape index (κ2) is 18.5. The molecule has 0 saturated carbocycles. The smallest absolute Gasteiger partial charge is 0.304 e. The SMILES string of the molecule is O=C(NN/C=C1/C=CC=CC1=O)Nc1nc(-c2ccccc2)cs1.O=C(NN/C=C1\C=CC=CC1=O)Nc1nc(-c2ccccc2)cs1.[Cu]. The van der Waals surface area contributed by atoms with E-state index in [1.807, 2.05) is 71.4 Å². The number of allylic oxidation sites excluding steroid dienone is 10. The number of nitrogens with zero attached hydrogens (tertiary/aromatic N) is 2. The predicted molar refractivity (Wildman–Crippen MR) is 188 cm³/mol. The molecular formula is C34H28CuN8O4S2. The number of amides is 4. The summed E-state index contributed by atoms with van der Waals surface area (Å²) in [7, 11) is 0. The maximum absolute atomic E-state index is 11.8. The molecule has 6 rings (SSSR count). The van der Waals surface area contributed by atoms with Crippen LogP contribution in [0, 0.1) is 0 Å². The third kappa shape index (κ3) is 11.1. The molecule has 2 heterocycles. The van der Waals surface area contributed by atoms with Gasteiger partial charge in [-0.3, -0.25) is 31.1 Å². The summed E-state index contributed by atoms with van der Waals surface area (Å²) in [5, 5.41) is 9.97. The molecule has 49 heavy (non-hydrogen) atoms. The van der Waals surface area contributed by atoms with Crippen molar-refractivity contribution in [1.29, 1.82) is 0 Å². The number of thiazole rings is 2. The van der Waals surface area contributed by atoms with Crippen LogP contribution in [0.25, 0.3) is 22.5 Å². The fourth-order valence-corrected chi connectivity index (χ4v) is 5.39. The van der Waals surface area contributed by atoms with Crippen molar-refractivity contribution in [1.82, 2.24) is 31.7 Å². The normalized spacial score (nSPS) is 14.4. The molecule has 12 nitrogen and oxygen atoms in total. The quantitative estimate of drug-likeness (QED) is 0.0725. The average molecular weight is 740 g/mol. The van der Waals surface area contributed by atoms with Gasteiger partial charge in [-0.1, -0.05) is 85.0 Å². The molecule has 0 saturated heterocycles. The van der Waals surface area contributed by atoms with Crippen molar-refractivity contribution in [2.24, 2.45) is 0 Å². The van der Waals surface area contributed by atoms with E-state index in [1.165, 1.54) is 47.2 Å². The molecule has 1 radical (unpaired) electrons.